The quantitative estimate of drug-likeness (QED) is 0.842. The molecule has 2 aliphatic rings. The Balaban J connectivity index is 1.35. The van der Waals surface area contributed by atoms with Crippen molar-refractivity contribution in [2.24, 2.45) is 5.92 Å². The predicted molar refractivity (Wildman–Crippen MR) is 80.4 cm³/mol. The van der Waals surface area contributed by atoms with Crippen LogP contribution in [0.4, 0.5) is 0 Å². The van der Waals surface area contributed by atoms with Crippen molar-refractivity contribution in [3.05, 3.63) is 24.5 Å². The molecule has 0 saturated carbocycles. The number of rotatable bonds is 3. The molecule has 0 aliphatic carbocycles. The molecule has 1 atom stereocenters. The van der Waals surface area contributed by atoms with Crippen LogP contribution in [0.3, 0.4) is 0 Å². The molecule has 24 heavy (non-hydrogen) atoms. The Morgan fingerprint density at radius 3 is 2.92 bits per heavy atom. The van der Waals surface area contributed by atoms with Crippen molar-refractivity contribution in [3.8, 4) is 11.5 Å². The summed E-state index contributed by atoms with van der Waals surface area (Å²) in [5.41, 5.74) is 0.553. The molecule has 2 amide bonds. The maximum Gasteiger partial charge on any atom is 0.233 e. The Hall–Kier alpha value is -2.84. The van der Waals surface area contributed by atoms with Gasteiger partial charge in [0.2, 0.25) is 23.5 Å². The molecule has 4 heterocycles. The molecule has 1 N–H and O–H groups in total. The molecular weight excluding hydrogens is 312 g/mol. The lowest BCUT2D eigenvalue weighted by Gasteiger charge is -2.39. The lowest BCUT2D eigenvalue weighted by Crippen LogP contribution is -2.53. The third-order valence-corrected chi connectivity index (χ3v) is 4.39. The summed E-state index contributed by atoms with van der Waals surface area (Å²) in [4.78, 5) is 37.8. The van der Waals surface area contributed by atoms with Crippen molar-refractivity contribution in [1.29, 1.82) is 0 Å². The number of piperidine rings is 1. The molecule has 2 aromatic heterocycles. The molecule has 2 aliphatic heterocycles. The van der Waals surface area contributed by atoms with E-state index in [1.807, 2.05) is 0 Å². The van der Waals surface area contributed by atoms with Gasteiger partial charge in [-0.2, -0.15) is 4.98 Å². The van der Waals surface area contributed by atoms with Crippen LogP contribution in [-0.4, -0.2) is 56.5 Å². The molecule has 1 unspecified atom stereocenters. The Bertz CT molecular complexity index is 746. The number of amides is 2. The SMILES string of the molecule is O=C1CCC(C(=O)N2CC(c3nc(-c4cnccn4)no3)C2)CN1. The van der Waals surface area contributed by atoms with Gasteiger partial charge in [-0.15, -0.1) is 0 Å². The molecule has 9 heteroatoms. The predicted octanol–water partition coefficient (Wildman–Crippen LogP) is -0.0214. The van der Waals surface area contributed by atoms with E-state index in [1.165, 1.54) is 0 Å². The highest BCUT2D eigenvalue weighted by molar-refractivity contribution is 5.84. The van der Waals surface area contributed by atoms with Gasteiger partial charge in [-0.3, -0.25) is 14.6 Å². The zero-order chi connectivity index (χ0) is 16.5. The molecule has 0 bridgehead atoms. The summed E-state index contributed by atoms with van der Waals surface area (Å²) in [5.74, 6) is 0.934. The maximum atomic E-state index is 12.4. The maximum absolute atomic E-state index is 12.4. The van der Waals surface area contributed by atoms with Crippen molar-refractivity contribution in [3.63, 3.8) is 0 Å². The van der Waals surface area contributed by atoms with Crippen LogP contribution in [0.15, 0.2) is 23.1 Å². The summed E-state index contributed by atoms with van der Waals surface area (Å²) < 4.78 is 5.29. The topological polar surface area (TPSA) is 114 Å². The lowest BCUT2D eigenvalue weighted by atomic mass is 9.93. The van der Waals surface area contributed by atoms with Gasteiger partial charge in [0, 0.05) is 38.4 Å². The standard InChI is InChI=1S/C15H16N6O3/c22-12-2-1-9(5-18-12)15(23)21-7-10(8-21)14-19-13(20-24-14)11-6-16-3-4-17-11/h3-4,6,9-10H,1-2,5,7-8H2,(H,18,22). The van der Waals surface area contributed by atoms with E-state index in [2.05, 4.69) is 25.4 Å². The van der Waals surface area contributed by atoms with E-state index >= 15 is 0 Å². The van der Waals surface area contributed by atoms with Crippen molar-refractivity contribution >= 4 is 11.8 Å². The van der Waals surface area contributed by atoms with Gasteiger partial charge in [0.15, 0.2) is 0 Å². The Morgan fingerprint density at radius 2 is 2.21 bits per heavy atom. The first kappa shape index (κ1) is 14.7. The van der Waals surface area contributed by atoms with E-state index in [1.54, 1.807) is 23.5 Å². The molecule has 0 spiro atoms. The summed E-state index contributed by atoms with van der Waals surface area (Å²) in [6, 6.07) is 0. The first-order chi connectivity index (χ1) is 11.7. The van der Waals surface area contributed by atoms with Crippen molar-refractivity contribution in [1.82, 2.24) is 30.3 Å². The second-order valence-corrected chi connectivity index (χ2v) is 6.03. The van der Waals surface area contributed by atoms with Crippen LogP contribution >= 0.6 is 0 Å². The number of aromatic nitrogens is 4. The average molecular weight is 328 g/mol. The Labute approximate surface area is 137 Å². The summed E-state index contributed by atoms with van der Waals surface area (Å²) >= 11 is 0. The number of hydrogen-bond donors (Lipinski definition) is 1. The lowest BCUT2D eigenvalue weighted by molar-refractivity contribution is -0.142. The molecule has 2 aromatic rings. The Morgan fingerprint density at radius 1 is 1.33 bits per heavy atom. The number of nitrogens with zero attached hydrogens (tertiary/aromatic N) is 5. The monoisotopic (exact) mass is 328 g/mol. The molecule has 9 nitrogen and oxygen atoms in total. The Kier molecular flexibility index (Phi) is 3.68. The van der Waals surface area contributed by atoms with Crippen molar-refractivity contribution in [2.45, 2.75) is 18.8 Å². The second kappa shape index (κ2) is 5.99. The zero-order valence-corrected chi connectivity index (χ0v) is 12.9. The van der Waals surface area contributed by atoms with Gasteiger partial charge in [-0.1, -0.05) is 5.16 Å². The van der Waals surface area contributed by atoms with Crippen LogP contribution in [0.1, 0.15) is 24.7 Å². The fourth-order valence-electron chi connectivity index (χ4n) is 2.94. The van der Waals surface area contributed by atoms with Crippen molar-refractivity contribution in [2.75, 3.05) is 19.6 Å². The number of nitrogens with one attached hydrogen (secondary N) is 1. The van der Waals surface area contributed by atoms with Gasteiger partial charge in [-0.05, 0) is 6.42 Å². The second-order valence-electron chi connectivity index (χ2n) is 6.03. The summed E-state index contributed by atoms with van der Waals surface area (Å²) in [6.45, 7) is 1.55. The summed E-state index contributed by atoms with van der Waals surface area (Å²) in [6.07, 6.45) is 5.75. The minimum Gasteiger partial charge on any atom is -0.355 e. The molecule has 4 rings (SSSR count). The third kappa shape index (κ3) is 2.72. The van der Waals surface area contributed by atoms with Crippen LogP contribution in [-0.2, 0) is 9.59 Å². The van der Waals surface area contributed by atoms with Crippen LogP contribution in [0, 0.1) is 5.92 Å². The van der Waals surface area contributed by atoms with Gasteiger partial charge >= 0.3 is 0 Å². The zero-order valence-electron chi connectivity index (χ0n) is 12.9. The third-order valence-electron chi connectivity index (χ3n) is 4.39. The summed E-state index contributed by atoms with van der Waals surface area (Å²) in [5, 5.41) is 6.66. The highest BCUT2D eigenvalue weighted by Gasteiger charge is 2.39. The first-order valence-corrected chi connectivity index (χ1v) is 7.86. The largest absolute Gasteiger partial charge is 0.355 e. The van der Waals surface area contributed by atoms with Gasteiger partial charge in [0.1, 0.15) is 5.69 Å². The normalized spacial score (nSPS) is 21.2. The van der Waals surface area contributed by atoms with Crippen molar-refractivity contribution < 1.29 is 14.1 Å². The van der Waals surface area contributed by atoms with E-state index in [4.69, 9.17) is 4.52 Å². The van der Waals surface area contributed by atoms with Crippen LogP contribution < -0.4 is 5.32 Å². The minimum absolute atomic E-state index is 0.0166. The van der Waals surface area contributed by atoms with Crippen LogP contribution in [0.25, 0.3) is 11.5 Å². The molecular formula is C15H16N6O3. The van der Waals surface area contributed by atoms with Crippen LogP contribution in [0.2, 0.25) is 0 Å². The van der Waals surface area contributed by atoms with Gasteiger partial charge in [-0.25, -0.2) is 4.98 Å². The minimum atomic E-state index is -0.124. The number of likely N-dealkylation sites (tertiary alicyclic amines) is 1. The van der Waals surface area contributed by atoms with E-state index in [0.717, 1.165) is 0 Å². The molecule has 2 saturated heterocycles. The van der Waals surface area contributed by atoms with Gasteiger partial charge in [0.05, 0.1) is 18.0 Å². The average Bonchev–Trinajstić information content (AvgIpc) is 3.04. The molecule has 124 valence electrons. The molecule has 0 aromatic carbocycles. The van der Waals surface area contributed by atoms with Gasteiger partial charge < -0.3 is 14.7 Å². The molecule has 0 radical (unpaired) electrons. The molecule has 2 fully saturated rings. The highest BCUT2D eigenvalue weighted by atomic mass is 16.5. The van der Waals surface area contributed by atoms with E-state index < -0.39 is 0 Å². The number of hydrogen-bond acceptors (Lipinski definition) is 7. The van der Waals surface area contributed by atoms with E-state index in [0.29, 0.717) is 49.9 Å². The fraction of sp³-hybridized carbons (Fsp3) is 0.467. The smallest absolute Gasteiger partial charge is 0.233 e. The number of carbonyl (C=O) groups excluding carboxylic acids is 2. The van der Waals surface area contributed by atoms with Crippen LogP contribution in [0.5, 0.6) is 0 Å². The summed E-state index contributed by atoms with van der Waals surface area (Å²) in [7, 11) is 0. The first-order valence-electron chi connectivity index (χ1n) is 7.86. The van der Waals surface area contributed by atoms with Gasteiger partial charge in [0.25, 0.3) is 0 Å². The van der Waals surface area contributed by atoms with E-state index in [-0.39, 0.29) is 23.7 Å². The fourth-order valence-corrected chi connectivity index (χ4v) is 2.94. The highest BCUT2D eigenvalue weighted by Crippen LogP contribution is 2.29. The van der Waals surface area contributed by atoms with E-state index in [9.17, 15) is 9.59 Å². The number of carbonyl (C=O) groups is 2.